The summed E-state index contributed by atoms with van der Waals surface area (Å²) in [7, 11) is 1.99. The van der Waals surface area contributed by atoms with Gasteiger partial charge in [-0.3, -0.25) is 4.79 Å². The molecule has 0 amide bonds. The fourth-order valence-electron chi connectivity index (χ4n) is 4.66. The Balaban J connectivity index is 1.56. The molecule has 0 atom stereocenters. The highest BCUT2D eigenvalue weighted by atomic mass is 16.5. The van der Waals surface area contributed by atoms with Crippen LogP contribution in [0.3, 0.4) is 0 Å². The summed E-state index contributed by atoms with van der Waals surface area (Å²) in [5.74, 6) is 1.57. The lowest BCUT2D eigenvalue weighted by atomic mass is 9.83. The molecule has 4 nitrogen and oxygen atoms in total. The quantitative estimate of drug-likeness (QED) is 0.381. The number of nitrogens with zero attached hydrogens (tertiary/aromatic N) is 1. The second kappa shape index (κ2) is 7.67. The van der Waals surface area contributed by atoms with Crippen LogP contribution in [0.4, 0.5) is 5.69 Å². The summed E-state index contributed by atoms with van der Waals surface area (Å²) in [6.45, 7) is 12.6. The molecule has 0 fully saturated rings. The second-order valence-corrected chi connectivity index (χ2v) is 11.5. The van der Waals surface area contributed by atoms with Crippen LogP contribution in [0.25, 0.3) is 10.8 Å². The number of hydrogen-bond donors (Lipinski definition) is 1. The molecule has 5 rings (SSSR count). The highest BCUT2D eigenvalue weighted by molar-refractivity contribution is 6.27. The van der Waals surface area contributed by atoms with Crippen molar-refractivity contribution in [3.63, 3.8) is 0 Å². The third kappa shape index (κ3) is 3.78. The van der Waals surface area contributed by atoms with Crippen LogP contribution < -0.4 is 0 Å². The van der Waals surface area contributed by atoms with Crippen molar-refractivity contribution in [3.8, 4) is 0 Å². The van der Waals surface area contributed by atoms with Gasteiger partial charge in [-0.15, -0.1) is 0 Å². The molecule has 4 heteroatoms. The van der Waals surface area contributed by atoms with Crippen molar-refractivity contribution in [1.29, 1.82) is 0 Å². The number of carbonyl (C=O) groups excluding carboxylic acids is 1. The molecule has 1 N–H and O–H groups in total. The van der Waals surface area contributed by atoms with E-state index in [1.165, 1.54) is 5.39 Å². The molecule has 2 aliphatic heterocycles. The van der Waals surface area contributed by atoms with Gasteiger partial charge in [0.2, 0.25) is 17.2 Å². The number of carbonyl (C=O) groups is 1. The van der Waals surface area contributed by atoms with E-state index < -0.39 is 0 Å². The highest BCUT2D eigenvalue weighted by Crippen LogP contribution is 2.41. The standard InChI is InChI=1S/C31H31NO3/c1-30(2,3)25-15-18(16-26(35-25)31(4,5)6)14-21-28(33)22(29(21)34)17-24-20-12-8-10-19-11-9-13-23(27(19)20)32(24)7/h8-17H,1-7H3/p+1. The van der Waals surface area contributed by atoms with Gasteiger partial charge >= 0.3 is 0 Å². The molecule has 0 saturated heterocycles. The van der Waals surface area contributed by atoms with E-state index in [0.717, 1.165) is 39.4 Å². The van der Waals surface area contributed by atoms with Crippen molar-refractivity contribution in [1.82, 2.24) is 0 Å². The Kier molecular flexibility index (Phi) is 5.06. The predicted octanol–water partition coefficient (Wildman–Crippen LogP) is 7.05. The van der Waals surface area contributed by atoms with Crippen LogP contribution >= 0.6 is 0 Å². The van der Waals surface area contributed by atoms with Crippen molar-refractivity contribution in [2.75, 3.05) is 7.05 Å². The van der Waals surface area contributed by atoms with Crippen LogP contribution in [-0.4, -0.2) is 28.2 Å². The Bertz CT molecular complexity index is 1450. The van der Waals surface area contributed by atoms with E-state index >= 15 is 0 Å². The van der Waals surface area contributed by atoms with Crippen molar-refractivity contribution < 1.29 is 19.2 Å². The van der Waals surface area contributed by atoms with E-state index in [1.54, 1.807) is 6.08 Å². The monoisotopic (exact) mass is 466 g/mol. The lowest BCUT2D eigenvalue weighted by molar-refractivity contribution is -0.399. The lowest BCUT2D eigenvalue weighted by Gasteiger charge is -2.33. The minimum absolute atomic E-state index is 0.0365. The average Bonchev–Trinajstić information content (AvgIpc) is 3.07. The van der Waals surface area contributed by atoms with Crippen LogP contribution in [0.1, 0.15) is 47.1 Å². The third-order valence-electron chi connectivity index (χ3n) is 6.77. The van der Waals surface area contributed by atoms with Crippen LogP contribution in [-0.2, 0) is 9.53 Å². The summed E-state index contributed by atoms with van der Waals surface area (Å²) in [4.78, 5) is 13.2. The molecule has 0 saturated carbocycles. The minimum Gasteiger partial charge on any atom is -0.506 e. The predicted molar refractivity (Wildman–Crippen MR) is 141 cm³/mol. The van der Waals surface area contributed by atoms with Gasteiger partial charge in [-0.05, 0) is 35.3 Å². The number of hydrogen-bond acceptors (Lipinski definition) is 3. The fourth-order valence-corrected chi connectivity index (χ4v) is 4.66. The van der Waals surface area contributed by atoms with E-state index in [1.807, 2.05) is 37.4 Å². The Morgan fingerprint density at radius 3 is 2.06 bits per heavy atom. The number of ether oxygens (including phenoxy) is 1. The summed E-state index contributed by atoms with van der Waals surface area (Å²) < 4.78 is 8.29. The van der Waals surface area contributed by atoms with Gasteiger partial charge in [0.15, 0.2) is 0 Å². The van der Waals surface area contributed by atoms with Crippen molar-refractivity contribution in [2.45, 2.75) is 41.5 Å². The number of aliphatic hydroxyl groups is 1. The molecule has 3 aliphatic rings. The van der Waals surface area contributed by atoms with Crippen molar-refractivity contribution in [3.05, 3.63) is 100 Å². The number of benzene rings is 2. The largest absolute Gasteiger partial charge is 0.506 e. The highest BCUT2D eigenvalue weighted by Gasteiger charge is 2.37. The first-order valence-corrected chi connectivity index (χ1v) is 12.0. The molecule has 0 bridgehead atoms. The molecule has 178 valence electrons. The summed E-state index contributed by atoms with van der Waals surface area (Å²) in [6.07, 6.45) is 7.50. The van der Waals surface area contributed by atoms with Gasteiger partial charge in [0.05, 0.1) is 22.1 Å². The zero-order valence-corrected chi connectivity index (χ0v) is 21.5. The number of allylic oxidation sites excluding steroid dienone is 9. The second-order valence-electron chi connectivity index (χ2n) is 11.5. The van der Waals surface area contributed by atoms with Crippen LogP contribution in [0, 0.1) is 10.8 Å². The molecule has 0 spiro atoms. The molecular formula is C31H32NO3+. The molecule has 2 aromatic carbocycles. The molecule has 35 heavy (non-hydrogen) atoms. The van der Waals surface area contributed by atoms with Crippen molar-refractivity contribution >= 4 is 28.0 Å². The SMILES string of the molecule is C[N+]1=C(C=C2C(=O)C(C=C3C=C(C(C)(C)C)OC(C(C)(C)C)=C3)=C2O)c2cccc3cccc1c23. The normalized spacial score (nSPS) is 19.2. The molecular weight excluding hydrogens is 434 g/mol. The number of ketones is 1. The maximum Gasteiger partial charge on any atom is 0.214 e. The Labute approximate surface area is 206 Å². The molecule has 2 aromatic rings. The zero-order valence-electron chi connectivity index (χ0n) is 21.5. The molecule has 1 aliphatic carbocycles. The summed E-state index contributed by atoms with van der Waals surface area (Å²) in [5.41, 5.74) is 4.24. The number of rotatable bonds is 2. The number of aliphatic hydroxyl groups excluding tert-OH is 1. The first-order chi connectivity index (χ1) is 16.4. The average molecular weight is 467 g/mol. The van der Waals surface area contributed by atoms with E-state index in [4.69, 9.17) is 4.74 Å². The van der Waals surface area contributed by atoms with Crippen LogP contribution in [0.15, 0.2) is 94.7 Å². The van der Waals surface area contributed by atoms with Gasteiger partial charge in [-0.25, -0.2) is 0 Å². The first kappa shape index (κ1) is 23.1. The summed E-state index contributed by atoms with van der Waals surface area (Å²) in [6, 6.07) is 12.4. The number of Topliss-reactive ketones (excluding diaryl/α,β-unsaturated/α-hetero) is 1. The summed E-state index contributed by atoms with van der Waals surface area (Å²) >= 11 is 0. The maximum atomic E-state index is 13.2. The van der Waals surface area contributed by atoms with Gasteiger partial charge in [0, 0.05) is 23.0 Å². The maximum absolute atomic E-state index is 13.2. The van der Waals surface area contributed by atoms with E-state index in [2.05, 4.69) is 70.4 Å². The van der Waals surface area contributed by atoms with E-state index in [0.29, 0.717) is 11.1 Å². The fraction of sp³-hybridized carbons (Fsp3) is 0.290. The molecule has 0 aromatic heterocycles. The molecule has 0 unspecified atom stereocenters. The smallest absolute Gasteiger partial charge is 0.214 e. The zero-order chi connectivity index (χ0) is 25.3. The molecule has 2 heterocycles. The topological polar surface area (TPSA) is 49.5 Å². The van der Waals surface area contributed by atoms with Gasteiger partial charge in [-0.1, -0.05) is 65.8 Å². The first-order valence-electron chi connectivity index (χ1n) is 12.0. The Hall–Kier alpha value is -3.66. The van der Waals surface area contributed by atoms with E-state index in [9.17, 15) is 9.90 Å². The van der Waals surface area contributed by atoms with Crippen LogP contribution in [0.5, 0.6) is 0 Å². The Morgan fingerprint density at radius 2 is 1.49 bits per heavy atom. The van der Waals surface area contributed by atoms with Crippen LogP contribution in [0.2, 0.25) is 0 Å². The minimum atomic E-state index is -0.186. The van der Waals surface area contributed by atoms with Gasteiger partial charge in [0.25, 0.3) is 0 Å². The third-order valence-corrected chi connectivity index (χ3v) is 6.77. The lowest BCUT2D eigenvalue weighted by Crippen LogP contribution is -2.24. The van der Waals surface area contributed by atoms with Crippen molar-refractivity contribution in [2.24, 2.45) is 10.8 Å². The van der Waals surface area contributed by atoms with Gasteiger partial charge in [-0.2, -0.15) is 4.58 Å². The van der Waals surface area contributed by atoms with Gasteiger partial charge in [0.1, 0.15) is 24.3 Å². The Morgan fingerprint density at radius 1 is 0.886 bits per heavy atom. The summed E-state index contributed by atoms with van der Waals surface area (Å²) in [5, 5.41) is 13.2. The van der Waals surface area contributed by atoms with E-state index in [-0.39, 0.29) is 22.4 Å². The van der Waals surface area contributed by atoms with Gasteiger partial charge < -0.3 is 9.84 Å². The molecule has 0 radical (unpaired) electrons.